The SMILES string of the molecule is [C-]#[N+]c1c(N2CCCC2)nc(SCc2csc(-c3ccc(Cl)cc3)n2)c(C#N)c1-c1ccc(OCCOC(=O)[C@H](C)NC(=O)[C@@H](N)CN)cc1. The molecule has 2 atom stereocenters. The third kappa shape index (κ3) is 8.90. The van der Waals surface area contributed by atoms with Crippen molar-refractivity contribution in [1.29, 1.82) is 5.26 Å². The summed E-state index contributed by atoms with van der Waals surface area (Å²) >= 11 is 9.01. The van der Waals surface area contributed by atoms with Crippen molar-refractivity contribution < 1.29 is 19.1 Å². The molecular weight excluding hydrogens is 696 g/mol. The summed E-state index contributed by atoms with van der Waals surface area (Å²) in [6.07, 6.45) is 2.00. The normalized spacial score (nSPS) is 13.6. The quantitative estimate of drug-likeness (QED) is 0.0642. The number of anilines is 1. The lowest BCUT2D eigenvalue weighted by Crippen LogP contribution is -2.50. The molecule has 50 heavy (non-hydrogen) atoms. The number of hydrogen-bond donors (Lipinski definition) is 3. The molecule has 12 nitrogen and oxygen atoms in total. The zero-order valence-electron chi connectivity index (χ0n) is 27.2. The number of rotatable bonds is 14. The molecule has 0 radical (unpaired) electrons. The maximum absolute atomic E-state index is 12.2. The Hall–Kier alpha value is -4.70. The Kier molecular flexibility index (Phi) is 12.7. The van der Waals surface area contributed by atoms with Crippen LogP contribution in [0.3, 0.4) is 0 Å². The lowest BCUT2D eigenvalue weighted by molar-refractivity contribution is -0.148. The Balaban J connectivity index is 1.31. The molecule has 0 bridgehead atoms. The van der Waals surface area contributed by atoms with Crippen molar-refractivity contribution in [2.24, 2.45) is 11.5 Å². The fourth-order valence-electron chi connectivity index (χ4n) is 5.16. The molecular formula is C35H35ClN8O4S2. The first kappa shape index (κ1) is 36.6. The molecule has 15 heteroatoms. The van der Waals surface area contributed by atoms with Gasteiger partial charge in [0.05, 0.1) is 23.9 Å². The number of nitriles is 1. The number of ether oxygens (including phenoxy) is 2. The number of pyridine rings is 1. The first-order chi connectivity index (χ1) is 24.2. The minimum Gasteiger partial charge on any atom is -0.490 e. The molecule has 4 aromatic rings. The number of carbonyl (C=O) groups is 2. The predicted molar refractivity (Wildman–Crippen MR) is 195 cm³/mol. The Bertz CT molecular complexity index is 1900. The highest BCUT2D eigenvalue weighted by atomic mass is 35.5. The number of amides is 1. The van der Waals surface area contributed by atoms with Crippen molar-refractivity contribution in [3.05, 3.63) is 81.6 Å². The Morgan fingerprint density at radius 1 is 1.14 bits per heavy atom. The first-order valence-corrected chi connectivity index (χ1v) is 18.1. The van der Waals surface area contributed by atoms with Gasteiger partial charge in [0.2, 0.25) is 11.6 Å². The number of aromatic nitrogens is 2. The molecule has 2 aromatic heterocycles. The highest BCUT2D eigenvalue weighted by Gasteiger charge is 2.27. The molecule has 1 fully saturated rings. The van der Waals surface area contributed by atoms with E-state index in [1.54, 1.807) is 24.3 Å². The summed E-state index contributed by atoms with van der Waals surface area (Å²) < 4.78 is 11.0. The van der Waals surface area contributed by atoms with Crippen LogP contribution < -0.4 is 26.4 Å². The van der Waals surface area contributed by atoms with Gasteiger partial charge in [-0.15, -0.1) is 11.3 Å². The van der Waals surface area contributed by atoms with E-state index in [9.17, 15) is 14.9 Å². The van der Waals surface area contributed by atoms with Crippen LogP contribution in [0.4, 0.5) is 11.5 Å². The standard InChI is InChI=1S/C35H35ClN8O4S2/c1-21(41-32(45)28(39)18-38)35(46)48-16-15-47-26-11-7-22(8-12-26)29-27(17-37)34(43-31(30(29)40-2)44-13-3-4-14-44)50-20-25-19-49-33(42-25)23-5-9-24(36)10-6-23/h5-12,19,21,28H,3-4,13-16,18,20,38-39H2,1H3,(H,41,45)/t21-,28-/m0/s1. The molecule has 1 saturated heterocycles. The van der Waals surface area contributed by atoms with Crippen LogP contribution >= 0.6 is 34.7 Å². The summed E-state index contributed by atoms with van der Waals surface area (Å²) in [5, 5.41) is 17.0. The van der Waals surface area contributed by atoms with Crippen LogP contribution in [0.2, 0.25) is 5.02 Å². The highest BCUT2D eigenvalue weighted by molar-refractivity contribution is 7.98. The Morgan fingerprint density at radius 2 is 1.84 bits per heavy atom. The molecule has 5 rings (SSSR count). The van der Waals surface area contributed by atoms with Crippen LogP contribution in [0.1, 0.15) is 31.0 Å². The molecule has 0 spiro atoms. The van der Waals surface area contributed by atoms with Gasteiger partial charge in [0, 0.05) is 46.9 Å². The van der Waals surface area contributed by atoms with Crippen LogP contribution in [0, 0.1) is 17.9 Å². The van der Waals surface area contributed by atoms with Crippen molar-refractivity contribution in [3.8, 4) is 33.5 Å². The number of nitrogens with one attached hydrogen (secondary N) is 1. The van der Waals surface area contributed by atoms with Crippen molar-refractivity contribution in [1.82, 2.24) is 15.3 Å². The monoisotopic (exact) mass is 730 g/mol. The first-order valence-electron chi connectivity index (χ1n) is 15.8. The van der Waals surface area contributed by atoms with Gasteiger partial charge in [0.15, 0.2) is 0 Å². The minimum atomic E-state index is -0.908. The number of halogens is 1. The average Bonchev–Trinajstić information content (AvgIpc) is 3.85. The minimum absolute atomic E-state index is 0.0431. The van der Waals surface area contributed by atoms with Gasteiger partial charge >= 0.3 is 5.97 Å². The van der Waals surface area contributed by atoms with Gasteiger partial charge in [-0.3, -0.25) is 4.79 Å². The summed E-state index contributed by atoms with van der Waals surface area (Å²) in [6, 6.07) is 15.1. The van der Waals surface area contributed by atoms with Gasteiger partial charge in [-0.05, 0) is 49.6 Å². The van der Waals surface area contributed by atoms with E-state index in [1.807, 2.05) is 29.6 Å². The van der Waals surface area contributed by atoms with Gasteiger partial charge in [-0.25, -0.2) is 19.6 Å². The van der Waals surface area contributed by atoms with E-state index in [-0.39, 0.29) is 19.8 Å². The summed E-state index contributed by atoms with van der Waals surface area (Å²) in [4.78, 5) is 39.8. The molecule has 3 heterocycles. The molecule has 0 aliphatic carbocycles. The Morgan fingerprint density at radius 3 is 2.50 bits per heavy atom. The molecule has 1 amide bonds. The number of hydrogen-bond acceptors (Lipinski definition) is 12. The van der Waals surface area contributed by atoms with E-state index in [2.05, 4.69) is 21.1 Å². The lowest BCUT2D eigenvalue weighted by atomic mass is 9.99. The lowest BCUT2D eigenvalue weighted by Gasteiger charge is -2.22. The third-order valence-corrected chi connectivity index (χ3v) is 9.99. The predicted octanol–water partition coefficient (Wildman–Crippen LogP) is 5.55. The number of nitrogens with two attached hydrogens (primary N) is 2. The third-order valence-electron chi connectivity index (χ3n) is 7.79. The van der Waals surface area contributed by atoms with Gasteiger partial charge in [-0.2, -0.15) is 5.26 Å². The van der Waals surface area contributed by atoms with Crippen molar-refractivity contribution in [2.75, 3.05) is 37.7 Å². The molecule has 5 N–H and O–H groups in total. The number of nitrogens with zero attached hydrogens (tertiary/aromatic N) is 5. The van der Waals surface area contributed by atoms with E-state index in [0.29, 0.717) is 49.7 Å². The zero-order valence-corrected chi connectivity index (χ0v) is 29.6. The van der Waals surface area contributed by atoms with Crippen molar-refractivity contribution in [3.63, 3.8) is 0 Å². The second-order valence-corrected chi connectivity index (χ2v) is 13.6. The van der Waals surface area contributed by atoms with Gasteiger partial charge < -0.3 is 31.2 Å². The fraction of sp³-hybridized carbons (Fsp3) is 0.314. The van der Waals surface area contributed by atoms with E-state index in [0.717, 1.165) is 42.2 Å². The second-order valence-electron chi connectivity index (χ2n) is 11.3. The molecule has 258 valence electrons. The van der Waals surface area contributed by atoms with Crippen LogP contribution in [-0.4, -0.2) is 66.8 Å². The van der Waals surface area contributed by atoms with E-state index >= 15 is 0 Å². The molecule has 0 unspecified atom stereocenters. The van der Waals surface area contributed by atoms with Crippen LogP contribution in [0.25, 0.3) is 26.5 Å². The van der Waals surface area contributed by atoms with Gasteiger partial charge in [0.1, 0.15) is 46.9 Å². The average molecular weight is 731 g/mol. The summed E-state index contributed by atoms with van der Waals surface area (Å²) in [5.74, 6) is 0.406. The van der Waals surface area contributed by atoms with Crippen LogP contribution in [0.5, 0.6) is 5.75 Å². The number of carbonyl (C=O) groups excluding carboxylic acids is 2. The maximum Gasteiger partial charge on any atom is 0.328 e. The van der Waals surface area contributed by atoms with Gasteiger partial charge in [-0.1, -0.05) is 47.6 Å². The Labute approximate surface area is 303 Å². The summed E-state index contributed by atoms with van der Waals surface area (Å²) in [5.41, 5.74) is 14.7. The number of benzene rings is 2. The smallest absolute Gasteiger partial charge is 0.328 e. The van der Waals surface area contributed by atoms with Crippen LogP contribution in [-0.2, 0) is 20.1 Å². The zero-order chi connectivity index (χ0) is 35.6. The van der Waals surface area contributed by atoms with E-state index in [1.165, 1.54) is 30.0 Å². The van der Waals surface area contributed by atoms with Gasteiger partial charge in [0.25, 0.3) is 0 Å². The highest BCUT2D eigenvalue weighted by Crippen LogP contribution is 2.45. The molecule has 2 aromatic carbocycles. The van der Waals surface area contributed by atoms with E-state index in [4.69, 9.17) is 49.1 Å². The molecule has 0 saturated carbocycles. The number of thiazole rings is 1. The van der Waals surface area contributed by atoms with Crippen molar-refractivity contribution in [2.45, 2.75) is 42.6 Å². The maximum atomic E-state index is 12.2. The summed E-state index contributed by atoms with van der Waals surface area (Å²) in [7, 11) is 0. The molecule has 1 aliphatic heterocycles. The second kappa shape index (κ2) is 17.3. The molecule has 1 aliphatic rings. The van der Waals surface area contributed by atoms with E-state index < -0.39 is 24.0 Å². The number of esters is 1. The number of thioether (sulfide) groups is 1. The topological polar surface area (TPSA) is 174 Å². The summed E-state index contributed by atoms with van der Waals surface area (Å²) in [6.45, 7) is 11.2. The van der Waals surface area contributed by atoms with Crippen LogP contribution in [0.15, 0.2) is 58.9 Å². The fourth-order valence-corrected chi connectivity index (χ4v) is 7.09. The van der Waals surface area contributed by atoms with Crippen molar-refractivity contribution >= 4 is 58.1 Å². The largest absolute Gasteiger partial charge is 0.490 e.